The third-order valence-corrected chi connectivity index (χ3v) is 10.5. The summed E-state index contributed by atoms with van der Waals surface area (Å²) in [5.41, 5.74) is 10.5. The molecule has 0 unspecified atom stereocenters. The van der Waals surface area contributed by atoms with E-state index in [0.29, 0.717) is 72.2 Å². The highest BCUT2D eigenvalue weighted by molar-refractivity contribution is 6.15. The van der Waals surface area contributed by atoms with Gasteiger partial charge in [-0.1, -0.05) is 159 Å². The lowest BCUT2D eigenvalue weighted by atomic mass is 9.98. The lowest BCUT2D eigenvalue weighted by Gasteiger charge is -2.25. The summed E-state index contributed by atoms with van der Waals surface area (Å²) in [6, 6.07) is 57.3. The first-order chi connectivity index (χ1) is 28.5. The second-order valence-electron chi connectivity index (χ2n) is 15.0. The molecule has 6 nitrogen and oxygen atoms in total. The van der Waals surface area contributed by atoms with Gasteiger partial charge < -0.3 is 24.4 Å². The van der Waals surface area contributed by atoms with Crippen LogP contribution in [0.25, 0.3) is 11.1 Å². The summed E-state index contributed by atoms with van der Waals surface area (Å²) in [6.07, 6.45) is 1.54. The summed E-state index contributed by atoms with van der Waals surface area (Å²) in [7, 11) is 0. The number of hydrogen-bond acceptors (Lipinski definition) is 5. The summed E-state index contributed by atoms with van der Waals surface area (Å²) in [5.74, 6) is 2.14. The minimum atomic E-state index is -0.124. The zero-order valence-corrected chi connectivity index (χ0v) is 33.1. The monoisotopic (exact) mass is 764 g/mol. The van der Waals surface area contributed by atoms with Gasteiger partial charge in [0.15, 0.2) is 0 Å². The number of aryl methyl sites for hydroxylation is 1. The van der Waals surface area contributed by atoms with Gasteiger partial charge in [0.2, 0.25) is 0 Å². The van der Waals surface area contributed by atoms with E-state index in [9.17, 15) is 4.79 Å². The van der Waals surface area contributed by atoms with Gasteiger partial charge >= 0.3 is 0 Å². The smallest absolute Gasteiger partial charge is 0.260 e. The van der Waals surface area contributed by atoms with Gasteiger partial charge in [-0.25, -0.2) is 0 Å². The van der Waals surface area contributed by atoms with Gasteiger partial charge in [0.25, 0.3) is 5.91 Å². The highest BCUT2D eigenvalue weighted by atomic mass is 16.5. The van der Waals surface area contributed by atoms with Crippen molar-refractivity contribution >= 4 is 23.0 Å². The van der Waals surface area contributed by atoms with Crippen molar-refractivity contribution in [3.63, 3.8) is 0 Å². The first-order valence-electron chi connectivity index (χ1n) is 20.1. The zero-order valence-electron chi connectivity index (χ0n) is 33.1. The van der Waals surface area contributed by atoms with Gasteiger partial charge in [-0.15, -0.1) is 0 Å². The zero-order chi connectivity index (χ0) is 39.7. The molecule has 0 saturated carbocycles. The Balaban J connectivity index is 1.12. The third-order valence-electron chi connectivity index (χ3n) is 10.5. The lowest BCUT2D eigenvalue weighted by molar-refractivity contribution is 0.0987. The Bertz CT molecular complexity index is 2430. The highest BCUT2D eigenvalue weighted by Gasteiger charge is 2.31. The molecular weight excluding hydrogens is 717 g/mol. The second kappa shape index (κ2) is 18.0. The fraction of sp³-hybridized carbons (Fsp3) is 0.173. The number of anilines is 3. The summed E-state index contributed by atoms with van der Waals surface area (Å²) in [6.45, 7) is 5.97. The molecule has 7 aromatic rings. The lowest BCUT2D eigenvalue weighted by Crippen LogP contribution is -2.31. The number of nitrogens with zero attached hydrogens (tertiary/aromatic N) is 1. The van der Waals surface area contributed by atoms with Crippen molar-refractivity contribution in [2.24, 2.45) is 0 Å². The van der Waals surface area contributed by atoms with Crippen molar-refractivity contribution in [2.75, 3.05) is 16.8 Å². The van der Waals surface area contributed by atoms with Gasteiger partial charge in [0.05, 0.1) is 16.9 Å². The Morgan fingerprint density at radius 2 is 1.09 bits per heavy atom. The standard InChI is InChI=1S/C52H48N2O4/c1-37(2)42-27-29-44(30-28-42)43-25-23-38(24-26-43)20-13-31-54-47-32-45(56-34-39-14-6-3-7-15-39)33-49(58-36-41-18-10-5-11-19-41)51(47)53-50-46(52(54)55)21-12-22-48(50)57-35-40-16-8-4-9-17-40/h3-12,14-19,21-30,32-33,37,53H,13,20,31,34-36H2,1-2H3. The number of fused-ring (bicyclic) bond motifs is 2. The molecule has 58 heavy (non-hydrogen) atoms. The molecule has 1 heterocycles. The van der Waals surface area contributed by atoms with Crippen molar-refractivity contribution in [3.05, 3.63) is 203 Å². The van der Waals surface area contributed by atoms with E-state index in [1.165, 1.54) is 22.3 Å². The van der Waals surface area contributed by atoms with E-state index in [2.05, 4.69) is 67.7 Å². The highest BCUT2D eigenvalue weighted by Crippen LogP contribution is 2.47. The third kappa shape index (κ3) is 9.08. The van der Waals surface area contributed by atoms with Crippen LogP contribution in [0.1, 0.15) is 64.4 Å². The topological polar surface area (TPSA) is 60.0 Å². The molecule has 0 aromatic heterocycles. The van der Waals surface area contributed by atoms with Crippen LogP contribution in [0.4, 0.5) is 17.1 Å². The summed E-state index contributed by atoms with van der Waals surface area (Å²) in [5, 5.41) is 3.65. The van der Waals surface area contributed by atoms with Crippen LogP contribution >= 0.6 is 0 Å². The van der Waals surface area contributed by atoms with Gasteiger partial charge in [-0.3, -0.25) is 4.79 Å². The molecule has 290 valence electrons. The van der Waals surface area contributed by atoms with Crippen LogP contribution in [-0.2, 0) is 26.2 Å². The summed E-state index contributed by atoms with van der Waals surface area (Å²) < 4.78 is 19.5. The van der Waals surface area contributed by atoms with Gasteiger partial charge in [-0.05, 0) is 69.8 Å². The number of hydrogen-bond donors (Lipinski definition) is 1. The van der Waals surface area contributed by atoms with Gasteiger partial charge in [-0.2, -0.15) is 0 Å². The Hall–Kier alpha value is -6.79. The number of benzene rings is 7. The second-order valence-corrected chi connectivity index (χ2v) is 15.0. The predicted molar refractivity (Wildman–Crippen MR) is 234 cm³/mol. The van der Waals surface area contributed by atoms with E-state index in [0.717, 1.165) is 29.5 Å². The Morgan fingerprint density at radius 3 is 1.67 bits per heavy atom. The fourth-order valence-corrected chi connectivity index (χ4v) is 7.25. The van der Waals surface area contributed by atoms with Crippen molar-refractivity contribution in [1.82, 2.24) is 0 Å². The average Bonchev–Trinajstić information content (AvgIpc) is 3.39. The van der Waals surface area contributed by atoms with Crippen LogP contribution < -0.4 is 24.4 Å². The predicted octanol–water partition coefficient (Wildman–Crippen LogP) is 12.6. The fourth-order valence-electron chi connectivity index (χ4n) is 7.25. The van der Waals surface area contributed by atoms with Crippen LogP contribution in [0.3, 0.4) is 0 Å². The SMILES string of the molecule is CC(C)c1ccc(-c2ccc(CCCN3C(=O)c4cccc(OCc5ccccc5)c4Nc4c(OCc5ccccc5)cc(OCc5ccccc5)cc43)cc2)cc1. The quantitative estimate of drug-likeness (QED) is 0.113. The van der Waals surface area contributed by atoms with Crippen molar-refractivity contribution in [1.29, 1.82) is 0 Å². The minimum Gasteiger partial charge on any atom is -0.489 e. The van der Waals surface area contributed by atoms with Crippen molar-refractivity contribution < 1.29 is 19.0 Å². The van der Waals surface area contributed by atoms with E-state index in [1.54, 1.807) is 0 Å². The largest absolute Gasteiger partial charge is 0.489 e. The molecule has 0 fully saturated rings. The Kier molecular flexibility index (Phi) is 11.8. The molecule has 0 aliphatic carbocycles. The van der Waals surface area contributed by atoms with Gasteiger partial charge in [0, 0.05) is 18.7 Å². The molecule has 0 saturated heterocycles. The number of nitrogens with one attached hydrogen (secondary N) is 1. The van der Waals surface area contributed by atoms with E-state index >= 15 is 0 Å². The van der Waals surface area contributed by atoms with E-state index in [1.807, 2.05) is 126 Å². The molecule has 0 spiro atoms. The molecule has 7 aromatic carbocycles. The first kappa shape index (κ1) is 38.1. The average molecular weight is 765 g/mol. The molecule has 0 bridgehead atoms. The number of rotatable bonds is 15. The maximum Gasteiger partial charge on any atom is 0.260 e. The molecule has 1 amide bonds. The molecule has 6 heteroatoms. The van der Waals surface area contributed by atoms with Crippen LogP contribution in [0.15, 0.2) is 170 Å². The maximum absolute atomic E-state index is 14.9. The number of amides is 1. The van der Waals surface area contributed by atoms with Crippen LogP contribution in [0.5, 0.6) is 17.2 Å². The molecule has 8 rings (SSSR count). The molecule has 0 atom stereocenters. The molecule has 1 aliphatic heterocycles. The van der Waals surface area contributed by atoms with Crippen LogP contribution in [0.2, 0.25) is 0 Å². The van der Waals surface area contributed by atoms with Crippen LogP contribution in [-0.4, -0.2) is 12.5 Å². The number of para-hydroxylation sites is 1. The molecule has 0 radical (unpaired) electrons. The number of carbonyl (C=O) groups is 1. The first-order valence-corrected chi connectivity index (χ1v) is 20.1. The normalized spacial score (nSPS) is 12.0. The van der Waals surface area contributed by atoms with Crippen molar-refractivity contribution in [2.45, 2.75) is 52.4 Å². The number of ether oxygens (including phenoxy) is 3. The number of carbonyl (C=O) groups excluding carboxylic acids is 1. The Morgan fingerprint density at radius 1 is 0.534 bits per heavy atom. The summed E-state index contributed by atoms with van der Waals surface area (Å²) >= 11 is 0. The van der Waals surface area contributed by atoms with Gasteiger partial charge in [0.1, 0.15) is 42.8 Å². The molecular formula is C52H48N2O4. The van der Waals surface area contributed by atoms with Crippen LogP contribution in [0, 0.1) is 0 Å². The molecule has 1 N–H and O–H groups in total. The van der Waals surface area contributed by atoms with E-state index in [-0.39, 0.29) is 5.91 Å². The van der Waals surface area contributed by atoms with Crippen molar-refractivity contribution in [3.8, 4) is 28.4 Å². The summed E-state index contributed by atoms with van der Waals surface area (Å²) in [4.78, 5) is 16.7. The maximum atomic E-state index is 14.9. The Labute approximate surface area is 341 Å². The minimum absolute atomic E-state index is 0.124. The molecule has 1 aliphatic rings. The van der Waals surface area contributed by atoms with E-state index in [4.69, 9.17) is 14.2 Å². The van der Waals surface area contributed by atoms with E-state index < -0.39 is 0 Å².